The first-order valence-electron chi connectivity index (χ1n) is 6.66. The second-order valence-corrected chi connectivity index (χ2v) is 4.82. The molecule has 7 heteroatoms. The van der Waals surface area contributed by atoms with Crippen LogP contribution in [-0.4, -0.2) is 58.6 Å². The maximum Gasteiger partial charge on any atom is 0.274 e. The van der Waals surface area contributed by atoms with Gasteiger partial charge in [-0.1, -0.05) is 0 Å². The number of nitrogens with zero attached hydrogens (tertiary/aromatic N) is 3. The lowest BCUT2D eigenvalue weighted by atomic mass is 10.1. The third-order valence-corrected chi connectivity index (χ3v) is 3.28. The van der Waals surface area contributed by atoms with Gasteiger partial charge in [0, 0.05) is 26.3 Å². The summed E-state index contributed by atoms with van der Waals surface area (Å²) in [6, 6.07) is 2.76. The van der Waals surface area contributed by atoms with Crippen LogP contribution in [0.5, 0.6) is 0 Å². The molecule has 0 bridgehead atoms. The summed E-state index contributed by atoms with van der Waals surface area (Å²) < 4.78 is 6.12. The number of hydrogen-bond acceptors (Lipinski definition) is 5. The Bertz CT molecular complexity index is 529. The van der Waals surface area contributed by atoms with E-state index in [0.717, 1.165) is 6.42 Å². The largest absolute Gasteiger partial charge is 0.391 e. The molecule has 0 spiro atoms. The second kappa shape index (κ2) is 6.62. The number of piperidine rings is 1. The zero-order chi connectivity index (χ0) is 14.5. The maximum atomic E-state index is 12.3. The van der Waals surface area contributed by atoms with Crippen LogP contribution in [0.4, 0.5) is 0 Å². The number of likely N-dealkylation sites (tertiary alicyclic amines) is 1. The molecule has 2 rings (SSSR count). The number of carbonyl (C=O) groups is 1. The molecule has 1 N–H and O–H groups in total. The number of aliphatic hydroxyl groups is 1. The Labute approximate surface area is 116 Å². The first kappa shape index (κ1) is 14.7. The van der Waals surface area contributed by atoms with Crippen molar-refractivity contribution in [3.63, 3.8) is 0 Å². The topological polar surface area (TPSA) is 84.7 Å². The van der Waals surface area contributed by atoms with Gasteiger partial charge in [-0.3, -0.25) is 9.59 Å². The predicted octanol–water partition coefficient (Wildman–Crippen LogP) is -0.513. The van der Waals surface area contributed by atoms with Crippen molar-refractivity contribution in [2.75, 3.05) is 26.8 Å². The van der Waals surface area contributed by atoms with Crippen molar-refractivity contribution in [1.82, 2.24) is 14.7 Å². The molecule has 0 aromatic carbocycles. The smallest absolute Gasteiger partial charge is 0.274 e. The van der Waals surface area contributed by atoms with Crippen LogP contribution in [0, 0.1) is 0 Å². The lowest BCUT2D eigenvalue weighted by molar-refractivity contribution is 0.0466. The Hall–Kier alpha value is -1.73. The molecule has 0 saturated carbocycles. The van der Waals surface area contributed by atoms with Crippen LogP contribution in [0.25, 0.3) is 0 Å². The standard InChI is InChI=1S/C13H19N3O4/c1-20-8-7-16-12(18)5-4-11(14-16)13(19)15-6-2-3-10(17)9-15/h4-5,10,17H,2-3,6-9H2,1H3/t10-/m0/s1. The number of hydrogen-bond donors (Lipinski definition) is 1. The molecule has 1 aliphatic heterocycles. The number of ether oxygens (including phenoxy) is 1. The van der Waals surface area contributed by atoms with Crippen molar-refractivity contribution in [1.29, 1.82) is 0 Å². The van der Waals surface area contributed by atoms with Gasteiger partial charge in [-0.15, -0.1) is 0 Å². The molecule has 2 heterocycles. The molecule has 0 aliphatic carbocycles. The van der Waals surface area contributed by atoms with Gasteiger partial charge in [0.2, 0.25) is 0 Å². The van der Waals surface area contributed by atoms with Gasteiger partial charge in [0.25, 0.3) is 11.5 Å². The highest BCUT2D eigenvalue weighted by atomic mass is 16.5. The van der Waals surface area contributed by atoms with Crippen LogP contribution in [0.2, 0.25) is 0 Å². The first-order chi connectivity index (χ1) is 9.61. The van der Waals surface area contributed by atoms with E-state index in [-0.39, 0.29) is 17.2 Å². The third kappa shape index (κ3) is 3.43. The van der Waals surface area contributed by atoms with Crippen molar-refractivity contribution in [3.05, 3.63) is 28.2 Å². The van der Waals surface area contributed by atoms with Gasteiger partial charge in [0.1, 0.15) is 5.69 Å². The van der Waals surface area contributed by atoms with Gasteiger partial charge < -0.3 is 14.7 Å². The molecule has 1 aromatic heterocycles. The summed E-state index contributed by atoms with van der Waals surface area (Å²) in [5.41, 5.74) is -0.0490. The van der Waals surface area contributed by atoms with E-state index in [1.807, 2.05) is 0 Å². The molecule has 1 aromatic rings. The fraction of sp³-hybridized carbons (Fsp3) is 0.615. The SMILES string of the molecule is COCCn1nc(C(=O)N2CCC[C@H](O)C2)ccc1=O. The van der Waals surface area contributed by atoms with Crippen molar-refractivity contribution in [2.45, 2.75) is 25.5 Å². The van der Waals surface area contributed by atoms with Gasteiger partial charge >= 0.3 is 0 Å². The molecule has 1 saturated heterocycles. The van der Waals surface area contributed by atoms with E-state index in [1.165, 1.54) is 23.9 Å². The lowest BCUT2D eigenvalue weighted by Crippen LogP contribution is -2.43. The van der Waals surface area contributed by atoms with E-state index < -0.39 is 6.10 Å². The quantitative estimate of drug-likeness (QED) is 0.803. The number of β-amino-alcohol motifs (C(OH)–C–C–N with tert-alkyl or cyclic N) is 1. The van der Waals surface area contributed by atoms with Crippen LogP contribution in [-0.2, 0) is 11.3 Å². The van der Waals surface area contributed by atoms with E-state index in [0.29, 0.717) is 32.7 Å². The van der Waals surface area contributed by atoms with Gasteiger partial charge in [-0.2, -0.15) is 5.10 Å². The van der Waals surface area contributed by atoms with Gasteiger partial charge in [-0.25, -0.2) is 4.68 Å². The second-order valence-electron chi connectivity index (χ2n) is 4.82. The van der Waals surface area contributed by atoms with Crippen LogP contribution in [0.1, 0.15) is 23.3 Å². The number of amides is 1. The minimum absolute atomic E-state index is 0.217. The summed E-state index contributed by atoms with van der Waals surface area (Å²) >= 11 is 0. The average molecular weight is 281 g/mol. The summed E-state index contributed by atoms with van der Waals surface area (Å²) in [5.74, 6) is -0.255. The molecule has 1 atom stereocenters. The predicted molar refractivity (Wildman–Crippen MR) is 71.5 cm³/mol. The molecular weight excluding hydrogens is 262 g/mol. The van der Waals surface area contributed by atoms with E-state index >= 15 is 0 Å². The normalized spacial score (nSPS) is 19.1. The maximum absolute atomic E-state index is 12.3. The van der Waals surface area contributed by atoms with Crippen LogP contribution in [0.3, 0.4) is 0 Å². The van der Waals surface area contributed by atoms with Crippen molar-refractivity contribution in [3.8, 4) is 0 Å². The highest BCUT2D eigenvalue weighted by Gasteiger charge is 2.24. The first-order valence-corrected chi connectivity index (χ1v) is 6.66. The fourth-order valence-corrected chi connectivity index (χ4v) is 2.20. The average Bonchev–Trinajstić information content (AvgIpc) is 2.45. The summed E-state index contributed by atoms with van der Waals surface area (Å²) in [6.07, 6.45) is 1.01. The number of methoxy groups -OCH3 is 1. The molecule has 0 unspecified atom stereocenters. The molecule has 0 radical (unpaired) electrons. The summed E-state index contributed by atoms with van der Waals surface area (Å²) in [7, 11) is 1.54. The molecule has 1 amide bonds. The highest BCUT2D eigenvalue weighted by Crippen LogP contribution is 2.12. The Kier molecular flexibility index (Phi) is 4.86. The molecular formula is C13H19N3O4. The molecule has 1 fully saturated rings. The van der Waals surface area contributed by atoms with E-state index in [1.54, 1.807) is 4.90 Å². The van der Waals surface area contributed by atoms with Gasteiger partial charge in [0.05, 0.1) is 19.3 Å². The van der Waals surface area contributed by atoms with Crippen LogP contribution >= 0.6 is 0 Å². The van der Waals surface area contributed by atoms with Crippen LogP contribution < -0.4 is 5.56 Å². The molecule has 1 aliphatic rings. The molecule has 20 heavy (non-hydrogen) atoms. The Morgan fingerprint density at radius 3 is 3.05 bits per heavy atom. The molecule has 110 valence electrons. The van der Waals surface area contributed by atoms with Crippen molar-refractivity contribution in [2.24, 2.45) is 0 Å². The minimum Gasteiger partial charge on any atom is -0.391 e. The minimum atomic E-state index is -0.480. The monoisotopic (exact) mass is 281 g/mol. The van der Waals surface area contributed by atoms with E-state index in [9.17, 15) is 14.7 Å². The summed E-state index contributed by atoms with van der Waals surface area (Å²) in [5, 5.41) is 13.7. The highest BCUT2D eigenvalue weighted by molar-refractivity contribution is 5.92. The fourth-order valence-electron chi connectivity index (χ4n) is 2.20. The third-order valence-electron chi connectivity index (χ3n) is 3.28. The van der Waals surface area contributed by atoms with Gasteiger partial charge in [0.15, 0.2) is 0 Å². The van der Waals surface area contributed by atoms with E-state index in [4.69, 9.17) is 4.74 Å². The number of aromatic nitrogens is 2. The Morgan fingerprint density at radius 1 is 1.55 bits per heavy atom. The number of rotatable bonds is 4. The zero-order valence-electron chi connectivity index (χ0n) is 11.5. The number of aliphatic hydroxyl groups excluding tert-OH is 1. The van der Waals surface area contributed by atoms with E-state index in [2.05, 4.69) is 5.10 Å². The lowest BCUT2D eigenvalue weighted by Gasteiger charge is -2.29. The Morgan fingerprint density at radius 2 is 2.35 bits per heavy atom. The van der Waals surface area contributed by atoms with Gasteiger partial charge in [-0.05, 0) is 18.9 Å². The van der Waals surface area contributed by atoms with Crippen molar-refractivity contribution < 1.29 is 14.6 Å². The zero-order valence-corrected chi connectivity index (χ0v) is 11.5. The summed E-state index contributed by atoms with van der Waals surface area (Å²) in [4.78, 5) is 25.5. The summed E-state index contributed by atoms with van der Waals surface area (Å²) in [6.45, 7) is 1.58. The molecule has 7 nitrogen and oxygen atoms in total. The van der Waals surface area contributed by atoms with Crippen LogP contribution in [0.15, 0.2) is 16.9 Å². The number of carbonyl (C=O) groups excluding carboxylic acids is 1. The van der Waals surface area contributed by atoms with Crippen molar-refractivity contribution >= 4 is 5.91 Å². The Balaban J connectivity index is 2.15.